The van der Waals surface area contributed by atoms with Crippen molar-refractivity contribution in [3.63, 3.8) is 0 Å². The Hall–Kier alpha value is 0.126. The van der Waals surface area contributed by atoms with Gasteiger partial charge >= 0.3 is 57.4 Å². The second-order valence-electron chi connectivity index (χ2n) is 1.80. The number of carboxylic acids is 1. The molecule has 1 rings (SSSR count). The fraction of sp³-hybridized carbons (Fsp3) is 0. The maximum atomic E-state index is 10.7. The van der Waals surface area contributed by atoms with E-state index in [9.17, 15) is 9.90 Å². The van der Waals surface area contributed by atoms with Crippen molar-refractivity contribution in [2.24, 2.45) is 0 Å². The van der Waals surface area contributed by atoms with Crippen molar-refractivity contribution in [2.45, 2.75) is 0 Å². The van der Waals surface area contributed by atoms with E-state index in [1.807, 2.05) is 0 Å². The van der Waals surface area contributed by atoms with E-state index < -0.39 is 11.7 Å². The van der Waals surface area contributed by atoms with E-state index in [1.165, 1.54) is 24.3 Å². The fourth-order valence-corrected chi connectivity index (χ4v) is 0.643. The van der Waals surface area contributed by atoms with Gasteiger partial charge in [-0.2, -0.15) is 0 Å². The first-order chi connectivity index (χ1) is 4.72. The van der Waals surface area contributed by atoms with Gasteiger partial charge in [-0.25, -0.2) is 4.79 Å². The minimum atomic E-state index is -1.18. The van der Waals surface area contributed by atoms with Crippen LogP contribution in [0.4, 0.5) is 0 Å². The Kier molecular flexibility index (Phi) is 4.95. The Morgan fingerprint density at radius 3 is 2.27 bits per heavy atom. The Morgan fingerprint density at radius 2 is 1.91 bits per heavy atom. The molecule has 52 valence electrons. The zero-order chi connectivity index (χ0) is 7.56. The third kappa shape index (κ3) is 2.92. The average molecular weight is 176 g/mol. The van der Waals surface area contributed by atoms with Crippen LogP contribution in [0.1, 0.15) is 10.4 Å². The van der Waals surface area contributed by atoms with Crippen LogP contribution >= 0.6 is 0 Å². The molecule has 0 aromatic heterocycles. The zero-order valence-electron chi connectivity index (χ0n) is 6.07. The molecule has 3 nitrogen and oxygen atoms in total. The number of benzene rings is 1. The van der Waals surface area contributed by atoms with Crippen LogP contribution in [0.15, 0.2) is 24.3 Å². The smallest absolute Gasteiger partial charge is 0.872 e. The molecule has 0 atom stereocenters. The molecule has 1 aromatic rings. The summed E-state index contributed by atoms with van der Waals surface area (Å²) in [6.07, 6.45) is 0. The second kappa shape index (κ2) is 4.90. The molecule has 0 aliphatic rings. The first kappa shape index (κ1) is 11.1. The number of para-hydroxylation sites is 1. The van der Waals surface area contributed by atoms with Gasteiger partial charge < -0.3 is 10.2 Å². The van der Waals surface area contributed by atoms with Crippen LogP contribution in [-0.2, 0) is 0 Å². The monoisotopic (exact) mass is 176 g/mol. The molecule has 0 aliphatic heterocycles. The Bertz CT molecular complexity index is 260. The third-order valence-corrected chi connectivity index (χ3v) is 1.12. The largest absolute Gasteiger partial charge is 1.00 e. The van der Waals surface area contributed by atoms with E-state index in [0.29, 0.717) is 0 Å². The third-order valence-electron chi connectivity index (χ3n) is 1.12. The number of rotatable bonds is 1. The number of aromatic carboxylic acids is 1. The molecule has 0 spiro atoms. The van der Waals surface area contributed by atoms with E-state index in [-0.39, 0.29) is 56.9 Å². The van der Waals surface area contributed by atoms with Crippen molar-refractivity contribution >= 4 is 5.97 Å². The summed E-state index contributed by atoms with van der Waals surface area (Å²) in [4.78, 5) is 10.2. The Labute approximate surface area is 106 Å². The predicted octanol–water partition coefficient (Wildman–Crippen LogP) is -2.54. The maximum Gasteiger partial charge on any atom is 1.00 e. The van der Waals surface area contributed by atoms with Gasteiger partial charge in [0.15, 0.2) is 0 Å². The van der Waals surface area contributed by atoms with Crippen molar-refractivity contribution in [2.75, 3.05) is 0 Å². The van der Waals surface area contributed by atoms with Gasteiger partial charge in [-0.3, -0.25) is 0 Å². The minimum absolute atomic E-state index is 0. The van der Waals surface area contributed by atoms with Crippen molar-refractivity contribution in [1.29, 1.82) is 0 Å². The summed E-state index contributed by atoms with van der Waals surface area (Å²) in [5.74, 6) is -1.62. The molecule has 0 aliphatic carbocycles. The van der Waals surface area contributed by atoms with Gasteiger partial charge in [0, 0.05) is 0 Å². The van der Waals surface area contributed by atoms with E-state index >= 15 is 0 Å². The molecule has 11 heavy (non-hydrogen) atoms. The first-order valence-corrected chi connectivity index (χ1v) is 2.71. The van der Waals surface area contributed by atoms with Gasteiger partial charge in [-0.1, -0.05) is 23.9 Å². The standard InChI is InChI=1S/C7H6O3.K/c8-6-4-2-1-3-5(6)7(9)10;/h1-4,8H,(H,9,10);/q;+1/p-1. The van der Waals surface area contributed by atoms with Gasteiger partial charge in [-0.05, 0) is 6.07 Å². The van der Waals surface area contributed by atoms with Crippen LogP contribution in [0.25, 0.3) is 0 Å². The summed E-state index contributed by atoms with van der Waals surface area (Å²) in [6.45, 7) is 0. The molecule has 0 radical (unpaired) electrons. The summed E-state index contributed by atoms with van der Waals surface area (Å²) in [5.41, 5.74) is -0.178. The summed E-state index contributed by atoms with van der Waals surface area (Å²) < 4.78 is 0. The number of hydrogen-bond donors (Lipinski definition) is 1. The van der Waals surface area contributed by atoms with E-state index in [1.54, 1.807) is 0 Å². The second-order valence-corrected chi connectivity index (χ2v) is 1.80. The Balaban J connectivity index is 0.000001000. The molecule has 0 unspecified atom stereocenters. The van der Waals surface area contributed by atoms with Crippen LogP contribution < -0.4 is 56.5 Å². The molecule has 0 amide bonds. The van der Waals surface area contributed by atoms with Crippen molar-refractivity contribution < 1.29 is 66.4 Å². The van der Waals surface area contributed by atoms with Crippen LogP contribution in [0.2, 0.25) is 0 Å². The maximum absolute atomic E-state index is 10.7. The van der Waals surface area contributed by atoms with Gasteiger partial charge in [0.2, 0.25) is 0 Å². The fourth-order valence-electron chi connectivity index (χ4n) is 0.643. The number of carboxylic acid groups (broad SMARTS) is 1. The zero-order valence-corrected chi connectivity index (χ0v) is 9.20. The molecule has 1 aromatic carbocycles. The topological polar surface area (TPSA) is 60.4 Å². The first-order valence-electron chi connectivity index (χ1n) is 2.71. The van der Waals surface area contributed by atoms with Gasteiger partial charge in [0.25, 0.3) is 0 Å². The van der Waals surface area contributed by atoms with Crippen molar-refractivity contribution in [3.8, 4) is 5.75 Å². The van der Waals surface area contributed by atoms with Crippen molar-refractivity contribution in [1.82, 2.24) is 0 Å². The summed E-state index contributed by atoms with van der Waals surface area (Å²) in [5, 5.41) is 19.0. The molecule has 0 saturated heterocycles. The summed E-state index contributed by atoms with van der Waals surface area (Å²) >= 11 is 0. The number of carbonyl (C=O) groups is 1. The SMILES string of the molecule is O=C(O)c1ccccc1[O-].[K+]. The van der Waals surface area contributed by atoms with Crippen molar-refractivity contribution in [3.05, 3.63) is 29.8 Å². The van der Waals surface area contributed by atoms with Crippen LogP contribution in [0.3, 0.4) is 0 Å². The quantitative estimate of drug-likeness (QED) is 0.480. The molecular formula is C7H5KO3. The summed E-state index contributed by atoms with van der Waals surface area (Å²) in [6, 6.07) is 5.54. The normalized spacial score (nSPS) is 8.36. The average Bonchev–Trinajstić information content (AvgIpc) is 1.88. The Morgan fingerprint density at radius 1 is 1.36 bits per heavy atom. The number of hydrogen-bond acceptors (Lipinski definition) is 2. The minimum Gasteiger partial charge on any atom is -0.872 e. The van der Waals surface area contributed by atoms with Gasteiger partial charge in [-0.15, -0.1) is 0 Å². The molecule has 1 N–H and O–H groups in total. The summed E-state index contributed by atoms with van der Waals surface area (Å²) in [7, 11) is 0. The van der Waals surface area contributed by atoms with Crippen LogP contribution in [0.5, 0.6) is 5.75 Å². The van der Waals surface area contributed by atoms with E-state index in [0.717, 1.165) is 0 Å². The van der Waals surface area contributed by atoms with Crippen LogP contribution in [-0.4, -0.2) is 11.1 Å². The molecule has 0 bridgehead atoms. The molecule has 0 fully saturated rings. The molecular weight excluding hydrogens is 171 g/mol. The predicted molar refractivity (Wildman–Crippen MR) is 32.8 cm³/mol. The van der Waals surface area contributed by atoms with Gasteiger partial charge in [0.1, 0.15) is 0 Å². The van der Waals surface area contributed by atoms with E-state index in [4.69, 9.17) is 5.11 Å². The van der Waals surface area contributed by atoms with Crippen LogP contribution in [0, 0.1) is 0 Å². The molecule has 0 heterocycles. The molecule has 0 saturated carbocycles. The van der Waals surface area contributed by atoms with E-state index in [2.05, 4.69) is 0 Å². The van der Waals surface area contributed by atoms with Gasteiger partial charge in [0.05, 0.1) is 5.56 Å². The molecule has 4 heteroatoms.